The molecule has 0 aromatic heterocycles. The van der Waals surface area contributed by atoms with Crippen LogP contribution in [-0.2, 0) is 4.74 Å². The van der Waals surface area contributed by atoms with Crippen LogP contribution in [0.3, 0.4) is 0 Å². The summed E-state index contributed by atoms with van der Waals surface area (Å²) >= 11 is 0. The number of esters is 2. The first-order valence-corrected chi connectivity index (χ1v) is 17.2. The quantitative estimate of drug-likeness (QED) is 0.137. The maximum absolute atomic E-state index is 13.3. The molecule has 1 atom stereocenters. The van der Waals surface area contributed by atoms with Crippen molar-refractivity contribution in [1.29, 1.82) is 0 Å². The van der Waals surface area contributed by atoms with E-state index in [-0.39, 0.29) is 18.0 Å². The van der Waals surface area contributed by atoms with E-state index in [4.69, 9.17) is 14.2 Å². The van der Waals surface area contributed by atoms with Gasteiger partial charge in [0.05, 0.1) is 17.2 Å². The van der Waals surface area contributed by atoms with Crippen molar-refractivity contribution in [2.45, 2.75) is 71.0 Å². The fraction of sp³-hybridized carbons (Fsp3) is 0.381. The van der Waals surface area contributed by atoms with Crippen LogP contribution in [-0.4, -0.2) is 35.4 Å². The van der Waals surface area contributed by atoms with Gasteiger partial charge in [-0.25, -0.2) is 9.59 Å². The fourth-order valence-electron chi connectivity index (χ4n) is 8.69. The number of aliphatic hydroxyl groups excluding tert-OH is 1. The number of ether oxygens (including phenoxy) is 3. The molecule has 0 heterocycles. The molecular formula is C42H44O6. The molecule has 1 N–H and O–H groups in total. The topological polar surface area (TPSA) is 82.1 Å². The molecular weight excluding hydrogens is 600 g/mol. The van der Waals surface area contributed by atoms with Gasteiger partial charge in [0, 0.05) is 5.41 Å². The van der Waals surface area contributed by atoms with Gasteiger partial charge in [0.15, 0.2) is 0 Å². The smallest absolute Gasteiger partial charge is 0.343 e. The van der Waals surface area contributed by atoms with E-state index in [1.165, 1.54) is 38.5 Å². The Morgan fingerprint density at radius 2 is 1.06 bits per heavy atom. The van der Waals surface area contributed by atoms with Crippen molar-refractivity contribution in [2.75, 3.05) is 6.61 Å². The summed E-state index contributed by atoms with van der Waals surface area (Å²) in [6, 6.07) is 29.8. The zero-order chi connectivity index (χ0) is 33.5. The highest BCUT2D eigenvalue weighted by atomic mass is 16.6. The molecule has 0 aliphatic heterocycles. The molecule has 48 heavy (non-hydrogen) atoms. The monoisotopic (exact) mass is 644 g/mol. The van der Waals surface area contributed by atoms with Gasteiger partial charge in [0.2, 0.25) is 0 Å². The molecule has 4 fully saturated rings. The van der Waals surface area contributed by atoms with Crippen molar-refractivity contribution in [2.24, 2.45) is 23.2 Å². The van der Waals surface area contributed by atoms with Gasteiger partial charge >= 0.3 is 11.9 Å². The summed E-state index contributed by atoms with van der Waals surface area (Å²) in [7, 11) is 0. The van der Waals surface area contributed by atoms with E-state index < -0.39 is 17.7 Å². The number of carbonyl (C=O) groups excluding carboxylic acids is 2. The lowest BCUT2D eigenvalue weighted by Crippen LogP contribution is -2.57. The lowest BCUT2D eigenvalue weighted by Gasteiger charge is -2.61. The zero-order valence-electron chi connectivity index (χ0n) is 28.0. The van der Waals surface area contributed by atoms with Crippen molar-refractivity contribution >= 4 is 11.9 Å². The minimum atomic E-state index is -0.528. The van der Waals surface area contributed by atoms with Crippen LogP contribution < -0.4 is 9.47 Å². The summed E-state index contributed by atoms with van der Waals surface area (Å²) in [4.78, 5) is 26.2. The van der Waals surface area contributed by atoms with Crippen LogP contribution in [0, 0.1) is 23.2 Å². The molecule has 0 amide bonds. The molecule has 4 bridgehead atoms. The molecule has 0 saturated heterocycles. The van der Waals surface area contributed by atoms with Gasteiger partial charge in [-0.15, -0.1) is 0 Å². The predicted molar refractivity (Wildman–Crippen MR) is 186 cm³/mol. The molecule has 1 unspecified atom stereocenters. The van der Waals surface area contributed by atoms with Crippen LogP contribution in [0.25, 0.3) is 22.3 Å². The Morgan fingerprint density at radius 3 is 1.50 bits per heavy atom. The summed E-state index contributed by atoms with van der Waals surface area (Å²) in [6.45, 7) is 6.19. The maximum Gasteiger partial charge on any atom is 0.343 e. The number of benzene rings is 4. The van der Waals surface area contributed by atoms with Crippen molar-refractivity contribution < 1.29 is 28.9 Å². The number of rotatable bonds is 10. The summed E-state index contributed by atoms with van der Waals surface area (Å²) in [6.07, 6.45) is 7.13. The van der Waals surface area contributed by atoms with E-state index in [0.717, 1.165) is 40.0 Å². The van der Waals surface area contributed by atoms with Gasteiger partial charge in [0.1, 0.15) is 23.7 Å². The third-order valence-corrected chi connectivity index (χ3v) is 11.0. The molecule has 248 valence electrons. The minimum Gasteiger partial charge on any atom is -0.491 e. The second-order valence-corrected chi connectivity index (χ2v) is 14.9. The van der Waals surface area contributed by atoms with Crippen LogP contribution >= 0.6 is 0 Å². The minimum absolute atomic E-state index is 0.107. The van der Waals surface area contributed by atoms with Gasteiger partial charge in [-0.3, -0.25) is 0 Å². The number of hydrogen-bond donors (Lipinski definition) is 1. The second kappa shape index (κ2) is 12.9. The van der Waals surface area contributed by atoms with Gasteiger partial charge in [-0.2, -0.15) is 0 Å². The average Bonchev–Trinajstić information content (AvgIpc) is 3.07. The van der Waals surface area contributed by atoms with E-state index >= 15 is 0 Å². The first-order chi connectivity index (χ1) is 23.1. The van der Waals surface area contributed by atoms with E-state index in [1.54, 1.807) is 31.2 Å². The summed E-state index contributed by atoms with van der Waals surface area (Å²) in [5.41, 5.74) is 4.50. The fourth-order valence-corrected chi connectivity index (χ4v) is 8.69. The second-order valence-electron chi connectivity index (χ2n) is 14.9. The first-order valence-electron chi connectivity index (χ1n) is 17.2. The molecule has 4 aromatic carbocycles. The van der Waals surface area contributed by atoms with Crippen LogP contribution in [0.15, 0.2) is 97.1 Å². The predicted octanol–water partition coefficient (Wildman–Crippen LogP) is 9.15. The molecule has 4 aromatic rings. The van der Waals surface area contributed by atoms with Crippen LogP contribution in [0.4, 0.5) is 0 Å². The van der Waals surface area contributed by atoms with Crippen molar-refractivity contribution in [3.63, 3.8) is 0 Å². The highest BCUT2D eigenvalue weighted by Gasteiger charge is 2.58. The Kier molecular flexibility index (Phi) is 8.63. The summed E-state index contributed by atoms with van der Waals surface area (Å²) in [5, 5.41) is 9.40. The van der Waals surface area contributed by atoms with E-state index in [9.17, 15) is 14.7 Å². The molecule has 4 aliphatic rings. The molecule has 4 aliphatic carbocycles. The van der Waals surface area contributed by atoms with Crippen molar-refractivity contribution in [3.05, 3.63) is 108 Å². The lowest BCUT2D eigenvalue weighted by atomic mass is 9.46. The first kappa shape index (κ1) is 32.1. The van der Waals surface area contributed by atoms with Gasteiger partial charge in [-0.1, -0.05) is 48.5 Å². The Balaban J connectivity index is 0.940. The third kappa shape index (κ3) is 6.64. The van der Waals surface area contributed by atoms with E-state index in [1.807, 2.05) is 72.8 Å². The Morgan fingerprint density at radius 1 is 0.667 bits per heavy atom. The molecule has 0 radical (unpaired) electrons. The standard InChI is InChI=1S/C42H44O6/c1-27(43)26-46-37-16-12-33(13-17-37)31-4-8-35(9-5-31)39(44)47-38-18-14-34(15-19-38)32-6-10-36(11-7-32)40(45)48-41(2,3)42-23-28-20-29(24-42)22-30(21-28)25-42/h4-19,27-30,43H,20-26H2,1-3H3. The number of hydrogen-bond acceptors (Lipinski definition) is 6. The molecule has 0 spiro atoms. The Hall–Kier alpha value is -4.42. The van der Waals surface area contributed by atoms with Crippen molar-refractivity contribution in [1.82, 2.24) is 0 Å². The Bertz CT molecular complexity index is 1720. The maximum atomic E-state index is 13.3. The van der Waals surface area contributed by atoms with Crippen LogP contribution in [0.5, 0.6) is 11.5 Å². The summed E-state index contributed by atoms with van der Waals surface area (Å²) < 4.78 is 17.5. The Labute approximate surface area is 283 Å². The van der Waals surface area contributed by atoms with Crippen molar-refractivity contribution in [3.8, 4) is 33.8 Å². The number of carbonyl (C=O) groups is 2. The average molecular weight is 645 g/mol. The number of aliphatic hydroxyl groups is 1. The summed E-state index contributed by atoms with van der Waals surface area (Å²) in [5.74, 6) is 2.85. The van der Waals surface area contributed by atoms with E-state index in [2.05, 4.69) is 13.8 Å². The normalized spacial score (nSPS) is 23.4. The molecule has 4 saturated carbocycles. The SMILES string of the molecule is CC(O)COc1ccc(-c2ccc(C(=O)Oc3ccc(-c4ccc(C(=O)OC(C)(C)C56CC7CC(CC(C7)C5)C6)cc4)cc3)cc2)cc1. The largest absolute Gasteiger partial charge is 0.491 e. The van der Waals surface area contributed by atoms with Gasteiger partial charge in [-0.05, 0) is 148 Å². The third-order valence-electron chi connectivity index (χ3n) is 11.0. The molecule has 6 nitrogen and oxygen atoms in total. The zero-order valence-corrected chi connectivity index (χ0v) is 28.0. The van der Waals surface area contributed by atoms with Crippen LogP contribution in [0.2, 0.25) is 0 Å². The highest BCUT2D eigenvalue weighted by molar-refractivity contribution is 5.92. The van der Waals surface area contributed by atoms with Gasteiger partial charge in [0.25, 0.3) is 0 Å². The molecule has 8 rings (SSSR count). The highest BCUT2D eigenvalue weighted by Crippen LogP contribution is 2.64. The van der Waals surface area contributed by atoms with Crippen LogP contribution in [0.1, 0.15) is 80.0 Å². The van der Waals surface area contributed by atoms with E-state index in [0.29, 0.717) is 22.6 Å². The van der Waals surface area contributed by atoms with Gasteiger partial charge < -0.3 is 19.3 Å². The molecule has 6 heteroatoms. The lowest BCUT2D eigenvalue weighted by molar-refractivity contribution is -0.164.